The molecule has 2 rings (SSSR count). The molecule has 2 N–H and O–H groups in total. The number of halogens is 2. The molecular formula is C13H15BrFN3. The van der Waals surface area contributed by atoms with Gasteiger partial charge in [0.2, 0.25) is 0 Å². The molecule has 0 aliphatic heterocycles. The number of rotatable bonds is 3. The van der Waals surface area contributed by atoms with E-state index >= 15 is 0 Å². The summed E-state index contributed by atoms with van der Waals surface area (Å²) in [5.41, 5.74) is 8.19. The third-order valence-electron chi connectivity index (χ3n) is 3.02. The summed E-state index contributed by atoms with van der Waals surface area (Å²) in [4.78, 5) is 0. The van der Waals surface area contributed by atoms with Crippen molar-refractivity contribution in [3.63, 3.8) is 0 Å². The fourth-order valence-corrected chi connectivity index (χ4v) is 2.31. The fraction of sp³-hybridized carbons (Fsp3) is 0.308. The Kier molecular flexibility index (Phi) is 3.82. The van der Waals surface area contributed by atoms with E-state index in [0.29, 0.717) is 12.1 Å². The monoisotopic (exact) mass is 311 g/mol. The van der Waals surface area contributed by atoms with Crippen LogP contribution in [0.15, 0.2) is 28.7 Å². The second-order valence-electron chi connectivity index (χ2n) is 4.20. The second kappa shape index (κ2) is 5.20. The van der Waals surface area contributed by atoms with Crippen molar-refractivity contribution in [3.8, 4) is 0 Å². The van der Waals surface area contributed by atoms with Crippen LogP contribution < -0.4 is 5.73 Å². The molecule has 0 fully saturated rings. The van der Waals surface area contributed by atoms with Crippen molar-refractivity contribution in [2.75, 3.05) is 6.54 Å². The standard InChI is InChI=1S/C13H15BrFN3/c1-8-13(14)9(2)18(17-8)12(7-16)10-5-3-4-6-11(10)15/h3-6,12H,7,16H2,1-2H3. The average Bonchev–Trinajstić information content (AvgIpc) is 2.61. The molecule has 0 saturated heterocycles. The average molecular weight is 312 g/mol. The van der Waals surface area contributed by atoms with Crippen molar-refractivity contribution in [1.29, 1.82) is 0 Å². The molecule has 1 heterocycles. The molecule has 3 nitrogen and oxygen atoms in total. The lowest BCUT2D eigenvalue weighted by molar-refractivity contribution is 0.487. The lowest BCUT2D eigenvalue weighted by Gasteiger charge is -2.18. The topological polar surface area (TPSA) is 43.8 Å². The molecule has 1 aromatic carbocycles. The zero-order chi connectivity index (χ0) is 13.3. The van der Waals surface area contributed by atoms with Gasteiger partial charge >= 0.3 is 0 Å². The maximum atomic E-state index is 13.8. The highest BCUT2D eigenvalue weighted by Gasteiger charge is 2.20. The first-order valence-corrected chi connectivity index (χ1v) is 6.51. The van der Waals surface area contributed by atoms with Gasteiger partial charge in [-0.3, -0.25) is 4.68 Å². The first-order valence-electron chi connectivity index (χ1n) is 5.72. The number of hydrogen-bond donors (Lipinski definition) is 1. The summed E-state index contributed by atoms with van der Waals surface area (Å²) in [6.45, 7) is 4.14. The van der Waals surface area contributed by atoms with Crippen molar-refractivity contribution in [2.45, 2.75) is 19.9 Å². The molecule has 1 unspecified atom stereocenters. The maximum Gasteiger partial charge on any atom is 0.128 e. The third kappa shape index (κ3) is 2.20. The number of nitrogens with zero attached hydrogens (tertiary/aromatic N) is 2. The SMILES string of the molecule is Cc1nn(C(CN)c2ccccc2F)c(C)c1Br. The van der Waals surface area contributed by atoms with Crippen LogP contribution in [0.2, 0.25) is 0 Å². The predicted molar refractivity (Wildman–Crippen MR) is 73.0 cm³/mol. The van der Waals surface area contributed by atoms with Crippen LogP contribution in [0.4, 0.5) is 4.39 Å². The molecule has 0 saturated carbocycles. The maximum absolute atomic E-state index is 13.8. The molecule has 18 heavy (non-hydrogen) atoms. The first kappa shape index (κ1) is 13.2. The lowest BCUT2D eigenvalue weighted by Crippen LogP contribution is -2.23. The Bertz CT molecular complexity index is 565. The minimum absolute atomic E-state index is 0.253. The van der Waals surface area contributed by atoms with Gasteiger partial charge in [0.1, 0.15) is 5.82 Å². The van der Waals surface area contributed by atoms with Crippen LogP contribution in [-0.2, 0) is 0 Å². The number of aromatic nitrogens is 2. The molecule has 2 aromatic rings. The smallest absolute Gasteiger partial charge is 0.128 e. The van der Waals surface area contributed by atoms with Gasteiger partial charge in [-0.1, -0.05) is 18.2 Å². The highest BCUT2D eigenvalue weighted by atomic mass is 79.9. The predicted octanol–water partition coefficient (Wildman–Crippen LogP) is 2.95. The molecule has 0 spiro atoms. The molecule has 0 amide bonds. The Morgan fingerprint density at radius 1 is 1.39 bits per heavy atom. The van der Waals surface area contributed by atoms with Crippen LogP contribution in [0.1, 0.15) is 23.0 Å². The zero-order valence-electron chi connectivity index (χ0n) is 10.3. The van der Waals surface area contributed by atoms with Gasteiger partial charge in [-0.15, -0.1) is 0 Å². The van der Waals surface area contributed by atoms with Crippen molar-refractivity contribution >= 4 is 15.9 Å². The molecule has 5 heteroatoms. The van der Waals surface area contributed by atoms with Crippen LogP contribution in [0.25, 0.3) is 0 Å². The molecular weight excluding hydrogens is 297 g/mol. The minimum atomic E-state index is -0.281. The van der Waals surface area contributed by atoms with Gasteiger partial charge < -0.3 is 5.73 Å². The van der Waals surface area contributed by atoms with E-state index in [9.17, 15) is 4.39 Å². The van der Waals surface area contributed by atoms with E-state index in [1.807, 2.05) is 19.9 Å². The largest absolute Gasteiger partial charge is 0.328 e. The third-order valence-corrected chi connectivity index (χ3v) is 4.17. The van der Waals surface area contributed by atoms with Crippen molar-refractivity contribution in [2.24, 2.45) is 5.73 Å². The quantitative estimate of drug-likeness (QED) is 0.947. The van der Waals surface area contributed by atoms with Gasteiger partial charge in [0.25, 0.3) is 0 Å². The van der Waals surface area contributed by atoms with E-state index in [2.05, 4.69) is 21.0 Å². The van der Waals surface area contributed by atoms with Crippen molar-refractivity contribution in [3.05, 3.63) is 51.5 Å². The van der Waals surface area contributed by atoms with E-state index in [1.165, 1.54) is 6.07 Å². The summed E-state index contributed by atoms with van der Waals surface area (Å²) in [6, 6.07) is 6.39. The number of nitrogens with two attached hydrogens (primary N) is 1. The Balaban J connectivity index is 2.52. The van der Waals surface area contributed by atoms with Crippen molar-refractivity contribution in [1.82, 2.24) is 9.78 Å². The molecule has 96 valence electrons. The van der Waals surface area contributed by atoms with E-state index in [4.69, 9.17) is 5.73 Å². The summed E-state index contributed by atoms with van der Waals surface area (Å²) in [7, 11) is 0. The van der Waals surface area contributed by atoms with Crippen LogP contribution in [0, 0.1) is 19.7 Å². The summed E-state index contributed by atoms with van der Waals surface area (Å²) >= 11 is 3.47. The summed E-state index contributed by atoms with van der Waals surface area (Å²) in [5, 5.41) is 4.42. The minimum Gasteiger partial charge on any atom is -0.328 e. The normalized spacial score (nSPS) is 12.7. The summed E-state index contributed by atoms with van der Waals surface area (Å²) < 4.78 is 16.6. The molecule has 1 aromatic heterocycles. The highest BCUT2D eigenvalue weighted by Crippen LogP contribution is 2.27. The van der Waals surface area contributed by atoms with Gasteiger partial charge in [-0.05, 0) is 35.8 Å². The van der Waals surface area contributed by atoms with Gasteiger partial charge in [0.15, 0.2) is 0 Å². The van der Waals surface area contributed by atoms with E-state index < -0.39 is 0 Å². The van der Waals surface area contributed by atoms with Gasteiger partial charge in [-0.25, -0.2) is 4.39 Å². The Labute approximate surface area is 114 Å². The second-order valence-corrected chi connectivity index (χ2v) is 5.00. The van der Waals surface area contributed by atoms with E-state index in [-0.39, 0.29) is 11.9 Å². The zero-order valence-corrected chi connectivity index (χ0v) is 11.9. The number of hydrogen-bond acceptors (Lipinski definition) is 2. The van der Waals surface area contributed by atoms with Crippen LogP contribution >= 0.6 is 15.9 Å². The summed E-state index contributed by atoms with van der Waals surface area (Å²) in [5.74, 6) is -0.253. The van der Waals surface area contributed by atoms with E-state index in [0.717, 1.165) is 15.9 Å². The van der Waals surface area contributed by atoms with Crippen LogP contribution in [-0.4, -0.2) is 16.3 Å². The molecule has 0 radical (unpaired) electrons. The van der Waals surface area contributed by atoms with Crippen molar-refractivity contribution < 1.29 is 4.39 Å². The van der Waals surface area contributed by atoms with Crippen LogP contribution in [0.5, 0.6) is 0 Å². The van der Waals surface area contributed by atoms with Crippen LogP contribution in [0.3, 0.4) is 0 Å². The Morgan fingerprint density at radius 3 is 2.56 bits per heavy atom. The Hall–Kier alpha value is -1.20. The number of benzene rings is 1. The summed E-state index contributed by atoms with van der Waals surface area (Å²) in [6.07, 6.45) is 0. The molecule has 1 atom stereocenters. The lowest BCUT2D eigenvalue weighted by atomic mass is 10.1. The van der Waals surface area contributed by atoms with Gasteiger partial charge in [0.05, 0.1) is 21.9 Å². The van der Waals surface area contributed by atoms with Gasteiger partial charge in [-0.2, -0.15) is 5.10 Å². The molecule has 0 aliphatic carbocycles. The first-order chi connectivity index (χ1) is 8.56. The molecule has 0 aliphatic rings. The number of aryl methyl sites for hydroxylation is 1. The molecule has 0 bridgehead atoms. The van der Waals surface area contributed by atoms with Gasteiger partial charge in [0, 0.05) is 12.1 Å². The fourth-order valence-electron chi connectivity index (χ4n) is 2.05. The van der Waals surface area contributed by atoms with E-state index in [1.54, 1.807) is 16.8 Å². The Morgan fingerprint density at radius 2 is 2.06 bits per heavy atom. The highest BCUT2D eigenvalue weighted by molar-refractivity contribution is 9.10.